The second kappa shape index (κ2) is 9.67. The molecule has 0 saturated carbocycles. The lowest BCUT2D eigenvalue weighted by atomic mass is 9.98. The van der Waals surface area contributed by atoms with E-state index < -0.39 is 0 Å². The normalized spacial score (nSPS) is 19.6. The summed E-state index contributed by atoms with van der Waals surface area (Å²) in [6.07, 6.45) is 1.70. The van der Waals surface area contributed by atoms with Gasteiger partial charge in [0.1, 0.15) is 17.2 Å². The summed E-state index contributed by atoms with van der Waals surface area (Å²) in [7, 11) is 0. The van der Waals surface area contributed by atoms with Crippen molar-refractivity contribution in [2.75, 3.05) is 46.1 Å². The summed E-state index contributed by atoms with van der Waals surface area (Å²) < 4.78 is 18.1. The average molecular weight is 531 g/mol. The molecule has 0 bridgehead atoms. The third-order valence-corrected chi connectivity index (χ3v) is 6.93. The molecule has 1 saturated heterocycles. The van der Waals surface area contributed by atoms with Crippen LogP contribution in [0.4, 0.5) is 0 Å². The number of Topliss-reactive ketones (excluding diaryl/α,β-unsaturated/α-hetero) is 1. The van der Waals surface area contributed by atoms with Crippen LogP contribution in [0.3, 0.4) is 0 Å². The number of ether oxygens (including phenoxy) is 3. The third-order valence-electron chi connectivity index (χ3n) is 6.47. The summed E-state index contributed by atoms with van der Waals surface area (Å²) in [5.74, 6) is 1.23. The summed E-state index contributed by atoms with van der Waals surface area (Å²) in [4.78, 5) is 17.8. The van der Waals surface area contributed by atoms with Gasteiger partial charge in [-0.25, -0.2) is 0 Å². The number of fused-ring (bicyclic) bond motifs is 2. The van der Waals surface area contributed by atoms with E-state index in [0.717, 1.165) is 41.8 Å². The van der Waals surface area contributed by atoms with Crippen molar-refractivity contribution in [2.45, 2.75) is 20.1 Å². The monoisotopic (exact) mass is 530 g/mol. The smallest absolute Gasteiger partial charge is 0.232 e. The number of halogens is 1. The van der Waals surface area contributed by atoms with Crippen molar-refractivity contribution in [3.8, 4) is 17.2 Å². The van der Waals surface area contributed by atoms with Crippen molar-refractivity contribution in [3.63, 3.8) is 0 Å². The fourth-order valence-electron chi connectivity index (χ4n) is 4.73. The van der Waals surface area contributed by atoms with Crippen molar-refractivity contribution in [1.82, 2.24) is 9.80 Å². The zero-order valence-electron chi connectivity index (χ0n) is 19.0. The number of benzene rings is 2. The highest BCUT2D eigenvalue weighted by Gasteiger charge is 2.34. The fraction of sp³-hybridized carbons (Fsp3) is 0.400. The van der Waals surface area contributed by atoms with Gasteiger partial charge in [0.05, 0.1) is 24.3 Å². The molecule has 0 unspecified atom stereocenters. The van der Waals surface area contributed by atoms with Crippen LogP contribution in [0, 0.1) is 6.92 Å². The van der Waals surface area contributed by atoms with Crippen LogP contribution in [0.5, 0.6) is 17.2 Å². The Morgan fingerprint density at radius 2 is 1.88 bits per heavy atom. The maximum atomic E-state index is 13.3. The van der Waals surface area contributed by atoms with Crippen molar-refractivity contribution in [1.29, 1.82) is 0 Å². The van der Waals surface area contributed by atoms with Gasteiger partial charge in [-0.05, 0) is 36.8 Å². The number of carbonyl (C=O) groups excluding carboxylic acids is 1. The zero-order valence-corrected chi connectivity index (χ0v) is 20.6. The zero-order chi connectivity index (χ0) is 23.8. The number of aryl methyl sites for hydroxylation is 1. The van der Waals surface area contributed by atoms with Crippen LogP contribution in [-0.2, 0) is 17.9 Å². The number of allylic oxidation sites excluding steroid dienone is 1. The highest BCUT2D eigenvalue weighted by atomic mass is 79.9. The molecule has 3 aliphatic rings. The topological polar surface area (TPSA) is 91.7 Å². The molecule has 8 nitrogen and oxygen atoms in total. The second-order valence-corrected chi connectivity index (χ2v) is 9.69. The number of ketones is 1. The first-order valence-electron chi connectivity index (χ1n) is 11.3. The number of aliphatic hydroxyl groups excluding tert-OH is 1. The quantitative estimate of drug-likeness (QED) is 0.570. The minimum absolute atomic E-state index is 0.128. The second-order valence-electron chi connectivity index (χ2n) is 8.77. The number of aliphatic hydroxyl groups is 1. The van der Waals surface area contributed by atoms with E-state index in [9.17, 15) is 9.90 Å². The molecule has 2 aromatic carbocycles. The van der Waals surface area contributed by atoms with Crippen LogP contribution >= 0.6 is 15.9 Å². The number of nitrogens with zero attached hydrogens (tertiary/aromatic N) is 2. The van der Waals surface area contributed by atoms with E-state index in [1.807, 2.05) is 19.1 Å². The number of phenolic OH excluding ortho intramolecular Hbond substituents is 1. The molecule has 34 heavy (non-hydrogen) atoms. The molecule has 180 valence electrons. The largest absolute Gasteiger partial charge is 0.507 e. The highest BCUT2D eigenvalue weighted by Crippen LogP contribution is 2.43. The molecule has 9 heteroatoms. The van der Waals surface area contributed by atoms with E-state index in [0.29, 0.717) is 47.9 Å². The van der Waals surface area contributed by atoms with E-state index in [1.54, 1.807) is 12.1 Å². The van der Waals surface area contributed by atoms with E-state index in [4.69, 9.17) is 19.3 Å². The van der Waals surface area contributed by atoms with Gasteiger partial charge < -0.3 is 24.4 Å². The van der Waals surface area contributed by atoms with Crippen LogP contribution in [0.15, 0.2) is 28.4 Å². The lowest BCUT2D eigenvalue weighted by molar-refractivity contribution is -0.0165. The minimum Gasteiger partial charge on any atom is -0.507 e. The molecular weight excluding hydrogens is 504 g/mol. The molecule has 5 rings (SSSR count). The van der Waals surface area contributed by atoms with Gasteiger partial charge in [-0.3, -0.25) is 14.6 Å². The standard InChI is InChI=1S/C25H27BrN2O6/c1-15-8-20(30)19(12-28-4-2-27(3-5-28)6-7-29)25-22(15)23(31)21(34-25)11-16-9-18(26)10-17-13-32-14-33-24(16)17/h8-11,29-30H,2-7,12-14H2,1H3/b21-11-. The predicted octanol–water partition coefficient (Wildman–Crippen LogP) is 3.06. The molecule has 0 atom stereocenters. The summed E-state index contributed by atoms with van der Waals surface area (Å²) in [6.45, 7) is 7.00. The van der Waals surface area contributed by atoms with Crippen LogP contribution in [0.2, 0.25) is 0 Å². The van der Waals surface area contributed by atoms with Gasteiger partial charge in [-0.15, -0.1) is 0 Å². The summed E-state index contributed by atoms with van der Waals surface area (Å²) in [5.41, 5.74) is 3.41. The molecular formula is C25H27BrN2O6. The number of aromatic hydroxyl groups is 1. The molecule has 2 N–H and O–H groups in total. The maximum absolute atomic E-state index is 13.3. The Labute approximate surface area is 206 Å². The molecule has 0 radical (unpaired) electrons. The molecule has 3 aliphatic heterocycles. The Morgan fingerprint density at radius 3 is 2.65 bits per heavy atom. The molecule has 0 aliphatic carbocycles. The van der Waals surface area contributed by atoms with Crippen LogP contribution in [0.25, 0.3) is 6.08 Å². The first-order valence-corrected chi connectivity index (χ1v) is 12.1. The van der Waals surface area contributed by atoms with Crippen molar-refractivity contribution >= 4 is 27.8 Å². The number of β-amino-alcohol motifs (C(OH)–C–C–N with tert-alkyl or cyclic N) is 1. The van der Waals surface area contributed by atoms with Gasteiger partial charge in [0, 0.05) is 54.9 Å². The molecule has 0 amide bonds. The van der Waals surface area contributed by atoms with Crippen LogP contribution in [-0.4, -0.2) is 71.9 Å². The molecule has 3 heterocycles. The lowest BCUT2D eigenvalue weighted by Crippen LogP contribution is -2.46. The van der Waals surface area contributed by atoms with Gasteiger partial charge in [-0.2, -0.15) is 0 Å². The third kappa shape index (κ3) is 4.46. The van der Waals surface area contributed by atoms with Crippen molar-refractivity contribution < 1.29 is 29.2 Å². The summed E-state index contributed by atoms with van der Waals surface area (Å²) >= 11 is 3.51. The molecule has 1 fully saturated rings. The maximum Gasteiger partial charge on any atom is 0.232 e. The highest BCUT2D eigenvalue weighted by molar-refractivity contribution is 9.10. The van der Waals surface area contributed by atoms with Gasteiger partial charge in [0.15, 0.2) is 12.6 Å². The number of rotatable bonds is 5. The van der Waals surface area contributed by atoms with Gasteiger partial charge >= 0.3 is 0 Å². The number of carbonyl (C=O) groups is 1. The number of phenols is 1. The van der Waals surface area contributed by atoms with Crippen LogP contribution < -0.4 is 9.47 Å². The average Bonchev–Trinajstić information content (AvgIpc) is 3.14. The Bertz CT molecular complexity index is 1160. The first kappa shape index (κ1) is 23.3. The fourth-order valence-corrected chi connectivity index (χ4v) is 5.25. The van der Waals surface area contributed by atoms with E-state index in [2.05, 4.69) is 25.7 Å². The summed E-state index contributed by atoms with van der Waals surface area (Å²) in [5, 5.41) is 19.9. The SMILES string of the molecule is Cc1cc(O)c(CN2CCN(CCO)CC2)c2c1C(=O)/C(=C/c1cc(Br)cc3c1OCOC3)O2. The van der Waals surface area contributed by atoms with Crippen LogP contribution in [0.1, 0.15) is 32.6 Å². The minimum atomic E-state index is -0.206. The van der Waals surface area contributed by atoms with E-state index >= 15 is 0 Å². The Balaban J connectivity index is 1.45. The Kier molecular flexibility index (Phi) is 6.63. The number of piperazine rings is 1. The van der Waals surface area contributed by atoms with E-state index in [-0.39, 0.29) is 30.7 Å². The van der Waals surface area contributed by atoms with Gasteiger partial charge in [-0.1, -0.05) is 15.9 Å². The first-order chi connectivity index (χ1) is 16.4. The number of hydrogen-bond donors (Lipinski definition) is 2. The van der Waals surface area contributed by atoms with Gasteiger partial charge in [0.25, 0.3) is 0 Å². The van der Waals surface area contributed by atoms with Crippen molar-refractivity contribution in [3.05, 3.63) is 56.2 Å². The molecule has 0 aromatic heterocycles. The molecule has 2 aromatic rings. The van der Waals surface area contributed by atoms with Crippen molar-refractivity contribution in [2.24, 2.45) is 0 Å². The predicted molar refractivity (Wildman–Crippen MR) is 129 cm³/mol. The molecule has 0 spiro atoms. The van der Waals surface area contributed by atoms with E-state index in [1.165, 1.54) is 0 Å². The Morgan fingerprint density at radius 1 is 1.12 bits per heavy atom. The van der Waals surface area contributed by atoms with Gasteiger partial charge in [0.2, 0.25) is 5.78 Å². The number of hydrogen-bond acceptors (Lipinski definition) is 8. The lowest BCUT2D eigenvalue weighted by Gasteiger charge is -2.34. The Hall–Kier alpha value is -2.43. The summed E-state index contributed by atoms with van der Waals surface area (Å²) in [6, 6.07) is 5.46.